The first-order valence-electron chi connectivity index (χ1n) is 8.43. The Morgan fingerprint density at radius 1 is 1.09 bits per heavy atom. The molecule has 0 bridgehead atoms. The van der Waals surface area contributed by atoms with Crippen LogP contribution in [0.5, 0.6) is 5.75 Å². The highest BCUT2D eigenvalue weighted by molar-refractivity contribution is 5.53. The number of ether oxygens (including phenoxy) is 1. The summed E-state index contributed by atoms with van der Waals surface area (Å²) in [4.78, 5) is 2.36. The van der Waals surface area contributed by atoms with Gasteiger partial charge in [-0.15, -0.1) is 10.2 Å². The third kappa shape index (κ3) is 4.10. The van der Waals surface area contributed by atoms with E-state index < -0.39 is 0 Å². The Kier molecular flexibility index (Phi) is 5.28. The largest absolute Gasteiger partial charge is 0.497 e. The molecule has 0 N–H and O–H groups in total. The van der Waals surface area contributed by atoms with Gasteiger partial charge in [-0.3, -0.25) is 4.90 Å². The zero-order valence-electron chi connectivity index (χ0n) is 14.0. The minimum absolute atomic E-state index is 0.567. The molecule has 1 aliphatic carbocycles. The van der Waals surface area contributed by atoms with E-state index in [1.807, 2.05) is 24.3 Å². The van der Waals surface area contributed by atoms with Gasteiger partial charge in [-0.05, 0) is 44.2 Å². The lowest BCUT2D eigenvalue weighted by Gasteiger charge is -2.25. The Bertz CT molecular complexity index is 601. The molecule has 0 saturated heterocycles. The maximum absolute atomic E-state index is 5.83. The van der Waals surface area contributed by atoms with Gasteiger partial charge in [-0.1, -0.05) is 25.7 Å². The molecule has 1 aromatic carbocycles. The quantitative estimate of drug-likeness (QED) is 0.783. The molecule has 23 heavy (non-hydrogen) atoms. The number of methoxy groups -OCH3 is 1. The minimum atomic E-state index is 0.567. The molecule has 0 atom stereocenters. The van der Waals surface area contributed by atoms with Gasteiger partial charge in [-0.25, -0.2) is 0 Å². The minimum Gasteiger partial charge on any atom is -0.497 e. The molecule has 124 valence electrons. The van der Waals surface area contributed by atoms with Crippen LogP contribution in [0.3, 0.4) is 0 Å². The van der Waals surface area contributed by atoms with Gasteiger partial charge in [0.1, 0.15) is 5.75 Å². The Hall–Kier alpha value is -1.88. The predicted octanol–water partition coefficient (Wildman–Crippen LogP) is 3.90. The van der Waals surface area contributed by atoms with Crippen molar-refractivity contribution in [2.75, 3.05) is 14.2 Å². The molecule has 1 aliphatic rings. The van der Waals surface area contributed by atoms with Gasteiger partial charge < -0.3 is 9.15 Å². The van der Waals surface area contributed by atoms with Crippen molar-refractivity contribution < 1.29 is 9.15 Å². The van der Waals surface area contributed by atoms with Crippen LogP contribution in [-0.2, 0) is 6.54 Å². The molecule has 1 aromatic heterocycles. The predicted molar refractivity (Wildman–Crippen MR) is 89.2 cm³/mol. The zero-order chi connectivity index (χ0) is 16.1. The molecular weight excluding hydrogens is 290 g/mol. The standard InChI is InChI=1S/C18H25N3O2/c1-21(15-7-5-3-4-6-8-15)13-17-19-20-18(23-17)14-9-11-16(22-2)12-10-14/h9-12,15H,3-8,13H2,1-2H3. The fourth-order valence-electron chi connectivity index (χ4n) is 3.21. The fourth-order valence-corrected chi connectivity index (χ4v) is 3.21. The maximum atomic E-state index is 5.83. The van der Waals surface area contributed by atoms with E-state index in [0.29, 0.717) is 24.4 Å². The molecule has 5 nitrogen and oxygen atoms in total. The van der Waals surface area contributed by atoms with Gasteiger partial charge in [-0.2, -0.15) is 0 Å². The van der Waals surface area contributed by atoms with Gasteiger partial charge in [0.25, 0.3) is 0 Å². The van der Waals surface area contributed by atoms with Crippen molar-refractivity contribution in [3.63, 3.8) is 0 Å². The topological polar surface area (TPSA) is 51.4 Å². The summed E-state index contributed by atoms with van der Waals surface area (Å²) in [5.74, 6) is 2.07. The smallest absolute Gasteiger partial charge is 0.247 e. The van der Waals surface area contributed by atoms with E-state index in [0.717, 1.165) is 11.3 Å². The molecular formula is C18H25N3O2. The Labute approximate surface area is 137 Å². The molecule has 0 spiro atoms. The lowest BCUT2D eigenvalue weighted by Crippen LogP contribution is -2.30. The molecule has 1 saturated carbocycles. The van der Waals surface area contributed by atoms with Crippen LogP contribution in [0.15, 0.2) is 28.7 Å². The first-order chi connectivity index (χ1) is 11.3. The van der Waals surface area contributed by atoms with E-state index in [1.165, 1.54) is 38.5 Å². The molecule has 1 fully saturated rings. The lowest BCUT2D eigenvalue weighted by molar-refractivity contribution is 0.195. The van der Waals surface area contributed by atoms with E-state index in [4.69, 9.17) is 9.15 Å². The molecule has 0 aliphatic heterocycles. The van der Waals surface area contributed by atoms with Crippen molar-refractivity contribution in [3.05, 3.63) is 30.2 Å². The van der Waals surface area contributed by atoms with E-state index in [1.54, 1.807) is 7.11 Å². The summed E-state index contributed by atoms with van der Waals surface area (Å²) >= 11 is 0. The number of nitrogens with zero attached hydrogens (tertiary/aromatic N) is 3. The van der Waals surface area contributed by atoms with E-state index >= 15 is 0 Å². The van der Waals surface area contributed by atoms with Crippen LogP contribution in [0.25, 0.3) is 11.5 Å². The summed E-state index contributed by atoms with van der Waals surface area (Å²) < 4.78 is 11.0. The lowest BCUT2D eigenvalue weighted by atomic mass is 10.1. The molecule has 0 unspecified atom stereocenters. The second-order valence-electron chi connectivity index (χ2n) is 6.29. The van der Waals surface area contributed by atoms with Gasteiger partial charge in [0.05, 0.1) is 13.7 Å². The second kappa shape index (κ2) is 7.59. The average Bonchev–Trinajstić information content (AvgIpc) is 2.87. The van der Waals surface area contributed by atoms with E-state index in [9.17, 15) is 0 Å². The van der Waals surface area contributed by atoms with Crippen molar-refractivity contribution in [2.24, 2.45) is 0 Å². The Balaban J connectivity index is 1.63. The summed E-state index contributed by atoms with van der Waals surface area (Å²) in [5.41, 5.74) is 0.918. The Morgan fingerprint density at radius 3 is 2.43 bits per heavy atom. The summed E-state index contributed by atoms with van der Waals surface area (Å²) in [7, 11) is 3.82. The summed E-state index contributed by atoms with van der Waals surface area (Å²) in [6, 6.07) is 8.30. The third-order valence-electron chi connectivity index (χ3n) is 4.64. The van der Waals surface area contributed by atoms with Crippen LogP contribution in [0.4, 0.5) is 0 Å². The normalized spacial score (nSPS) is 16.5. The van der Waals surface area contributed by atoms with Crippen molar-refractivity contribution in [1.29, 1.82) is 0 Å². The van der Waals surface area contributed by atoms with Crippen LogP contribution >= 0.6 is 0 Å². The van der Waals surface area contributed by atoms with E-state index in [2.05, 4.69) is 22.1 Å². The van der Waals surface area contributed by atoms with Crippen LogP contribution < -0.4 is 4.74 Å². The van der Waals surface area contributed by atoms with Gasteiger partial charge in [0.2, 0.25) is 11.8 Å². The van der Waals surface area contributed by atoms with Crippen molar-refractivity contribution in [2.45, 2.75) is 51.1 Å². The maximum Gasteiger partial charge on any atom is 0.247 e. The van der Waals surface area contributed by atoms with Crippen molar-refractivity contribution >= 4 is 0 Å². The van der Waals surface area contributed by atoms with Crippen molar-refractivity contribution in [3.8, 4) is 17.2 Å². The number of hydrogen-bond acceptors (Lipinski definition) is 5. The number of rotatable bonds is 5. The van der Waals surface area contributed by atoms with Gasteiger partial charge in [0, 0.05) is 11.6 Å². The number of benzene rings is 1. The first kappa shape index (κ1) is 16.0. The number of hydrogen-bond donors (Lipinski definition) is 0. The second-order valence-corrected chi connectivity index (χ2v) is 6.29. The summed E-state index contributed by atoms with van der Waals surface area (Å²) in [6.45, 7) is 0.716. The first-order valence-corrected chi connectivity index (χ1v) is 8.43. The van der Waals surface area contributed by atoms with E-state index in [-0.39, 0.29) is 0 Å². The zero-order valence-corrected chi connectivity index (χ0v) is 14.0. The SMILES string of the molecule is COc1ccc(-c2nnc(CN(C)C3CCCCCC3)o2)cc1. The summed E-state index contributed by atoms with van der Waals surface area (Å²) in [6.07, 6.45) is 7.94. The molecule has 5 heteroatoms. The third-order valence-corrected chi connectivity index (χ3v) is 4.64. The summed E-state index contributed by atoms with van der Waals surface area (Å²) in [5, 5.41) is 8.38. The highest BCUT2D eigenvalue weighted by Crippen LogP contribution is 2.24. The molecule has 2 aromatic rings. The highest BCUT2D eigenvalue weighted by atomic mass is 16.5. The van der Waals surface area contributed by atoms with Gasteiger partial charge >= 0.3 is 0 Å². The van der Waals surface area contributed by atoms with Crippen LogP contribution in [0, 0.1) is 0 Å². The number of aromatic nitrogens is 2. The molecule has 1 heterocycles. The van der Waals surface area contributed by atoms with Crippen LogP contribution in [0.2, 0.25) is 0 Å². The van der Waals surface area contributed by atoms with Crippen LogP contribution in [0.1, 0.15) is 44.4 Å². The average molecular weight is 315 g/mol. The monoisotopic (exact) mass is 315 g/mol. The highest BCUT2D eigenvalue weighted by Gasteiger charge is 2.19. The van der Waals surface area contributed by atoms with Crippen LogP contribution in [-0.4, -0.2) is 35.3 Å². The Morgan fingerprint density at radius 2 is 1.78 bits per heavy atom. The fraction of sp³-hybridized carbons (Fsp3) is 0.556. The molecule has 0 amide bonds. The molecule has 3 rings (SSSR count). The molecule has 0 radical (unpaired) electrons. The van der Waals surface area contributed by atoms with Crippen molar-refractivity contribution in [1.82, 2.24) is 15.1 Å². The van der Waals surface area contributed by atoms with Gasteiger partial charge in [0.15, 0.2) is 0 Å².